The van der Waals surface area contributed by atoms with Gasteiger partial charge in [-0.3, -0.25) is 0 Å². The number of hydrogen-bond donors (Lipinski definition) is 2. The Labute approximate surface area is 74.0 Å². The SMILES string of the molecule is Cc1nc2c(O)cc(Cl)cc2[nH]1. The molecule has 0 atom stereocenters. The predicted molar refractivity (Wildman–Crippen MR) is 47.5 cm³/mol. The number of phenols is 1. The number of phenolic OH excluding ortho intramolecular Hbond substituents is 1. The summed E-state index contributed by atoms with van der Waals surface area (Å²) in [4.78, 5) is 7.07. The highest BCUT2D eigenvalue weighted by Gasteiger charge is 2.05. The van der Waals surface area contributed by atoms with Crippen LogP contribution in [-0.2, 0) is 0 Å². The topological polar surface area (TPSA) is 48.9 Å². The van der Waals surface area contributed by atoms with Crippen molar-refractivity contribution >= 4 is 22.6 Å². The fourth-order valence-electron chi connectivity index (χ4n) is 1.19. The maximum absolute atomic E-state index is 9.40. The van der Waals surface area contributed by atoms with E-state index >= 15 is 0 Å². The lowest BCUT2D eigenvalue weighted by molar-refractivity contribution is 0.480. The van der Waals surface area contributed by atoms with E-state index < -0.39 is 0 Å². The average Bonchev–Trinajstić information content (AvgIpc) is 2.29. The number of aryl methyl sites for hydroxylation is 1. The molecule has 4 heteroatoms. The Morgan fingerprint density at radius 2 is 2.25 bits per heavy atom. The molecule has 1 aromatic carbocycles. The Balaban J connectivity index is 2.88. The fourth-order valence-corrected chi connectivity index (χ4v) is 1.40. The number of rotatable bonds is 0. The molecule has 0 aliphatic carbocycles. The van der Waals surface area contributed by atoms with Gasteiger partial charge in [0.1, 0.15) is 17.1 Å². The van der Waals surface area contributed by atoms with Crippen LogP contribution in [0, 0.1) is 6.92 Å². The van der Waals surface area contributed by atoms with Crippen LogP contribution in [0.25, 0.3) is 11.0 Å². The van der Waals surface area contributed by atoms with Gasteiger partial charge in [-0.05, 0) is 13.0 Å². The first-order chi connectivity index (χ1) is 5.66. The van der Waals surface area contributed by atoms with Crippen LogP contribution in [0.1, 0.15) is 5.82 Å². The highest BCUT2D eigenvalue weighted by atomic mass is 35.5. The molecule has 0 amide bonds. The van der Waals surface area contributed by atoms with E-state index in [1.54, 1.807) is 6.07 Å². The molecule has 2 aromatic rings. The molecular weight excluding hydrogens is 176 g/mol. The van der Waals surface area contributed by atoms with E-state index in [2.05, 4.69) is 9.97 Å². The molecule has 0 spiro atoms. The molecule has 62 valence electrons. The smallest absolute Gasteiger partial charge is 0.144 e. The lowest BCUT2D eigenvalue weighted by atomic mass is 10.3. The van der Waals surface area contributed by atoms with Crippen LogP contribution in [0.4, 0.5) is 0 Å². The number of H-pyrrole nitrogens is 1. The second kappa shape index (κ2) is 2.38. The molecule has 1 aromatic heterocycles. The minimum atomic E-state index is 0.113. The summed E-state index contributed by atoms with van der Waals surface area (Å²) in [6.07, 6.45) is 0. The maximum atomic E-state index is 9.40. The molecule has 0 saturated carbocycles. The first kappa shape index (κ1) is 7.43. The minimum Gasteiger partial charge on any atom is -0.506 e. The summed E-state index contributed by atoms with van der Waals surface area (Å²) in [5.41, 5.74) is 1.33. The van der Waals surface area contributed by atoms with Gasteiger partial charge in [0.05, 0.1) is 5.52 Å². The van der Waals surface area contributed by atoms with Crippen molar-refractivity contribution in [3.63, 3.8) is 0 Å². The van der Waals surface area contributed by atoms with Gasteiger partial charge in [-0.2, -0.15) is 0 Å². The van der Waals surface area contributed by atoms with Crippen molar-refractivity contribution in [3.8, 4) is 5.75 Å². The van der Waals surface area contributed by atoms with Crippen molar-refractivity contribution in [1.29, 1.82) is 0 Å². The Kier molecular flexibility index (Phi) is 1.48. The summed E-state index contributed by atoms with van der Waals surface area (Å²) in [6.45, 7) is 1.83. The molecule has 0 bridgehead atoms. The van der Waals surface area contributed by atoms with Crippen LogP contribution >= 0.6 is 11.6 Å². The van der Waals surface area contributed by atoms with Crippen LogP contribution in [0.15, 0.2) is 12.1 Å². The van der Waals surface area contributed by atoms with E-state index in [1.165, 1.54) is 6.07 Å². The zero-order valence-corrected chi connectivity index (χ0v) is 7.18. The van der Waals surface area contributed by atoms with Gasteiger partial charge in [0.2, 0.25) is 0 Å². The van der Waals surface area contributed by atoms with Crippen LogP contribution in [0.3, 0.4) is 0 Å². The molecule has 0 unspecified atom stereocenters. The van der Waals surface area contributed by atoms with Crippen LogP contribution in [-0.4, -0.2) is 15.1 Å². The van der Waals surface area contributed by atoms with Crippen molar-refractivity contribution in [2.45, 2.75) is 6.92 Å². The average molecular weight is 183 g/mol. The summed E-state index contributed by atoms with van der Waals surface area (Å²) in [5, 5.41) is 9.90. The zero-order valence-electron chi connectivity index (χ0n) is 6.43. The van der Waals surface area contributed by atoms with Crippen LogP contribution in [0.5, 0.6) is 5.75 Å². The molecule has 0 aliphatic heterocycles. The molecular formula is C8H7ClN2O. The molecule has 1 heterocycles. The van der Waals surface area contributed by atoms with Crippen molar-refractivity contribution in [1.82, 2.24) is 9.97 Å². The second-order valence-electron chi connectivity index (χ2n) is 2.64. The van der Waals surface area contributed by atoms with E-state index in [4.69, 9.17) is 11.6 Å². The second-order valence-corrected chi connectivity index (χ2v) is 3.08. The Bertz CT molecular complexity index is 436. The van der Waals surface area contributed by atoms with Gasteiger partial charge in [0.25, 0.3) is 0 Å². The fraction of sp³-hybridized carbons (Fsp3) is 0.125. The van der Waals surface area contributed by atoms with E-state index in [1.807, 2.05) is 6.92 Å². The lowest BCUT2D eigenvalue weighted by Crippen LogP contribution is -1.71. The molecule has 2 N–H and O–H groups in total. The number of nitrogens with zero attached hydrogens (tertiary/aromatic N) is 1. The number of aromatic hydroxyl groups is 1. The molecule has 3 nitrogen and oxygen atoms in total. The van der Waals surface area contributed by atoms with E-state index in [9.17, 15) is 5.11 Å². The number of benzene rings is 1. The van der Waals surface area contributed by atoms with Gasteiger partial charge in [0, 0.05) is 11.1 Å². The van der Waals surface area contributed by atoms with Crippen molar-refractivity contribution in [3.05, 3.63) is 23.0 Å². The standard InChI is InChI=1S/C8H7ClN2O/c1-4-10-6-2-5(9)3-7(12)8(6)11-4/h2-3,12H,1H3,(H,10,11). The maximum Gasteiger partial charge on any atom is 0.144 e. The molecule has 12 heavy (non-hydrogen) atoms. The normalized spacial score (nSPS) is 10.8. The van der Waals surface area contributed by atoms with E-state index in [-0.39, 0.29) is 5.75 Å². The monoisotopic (exact) mass is 182 g/mol. The zero-order chi connectivity index (χ0) is 8.72. The summed E-state index contributed by atoms with van der Waals surface area (Å²) >= 11 is 5.73. The van der Waals surface area contributed by atoms with Gasteiger partial charge in [-0.25, -0.2) is 4.98 Å². The van der Waals surface area contributed by atoms with Gasteiger partial charge in [0.15, 0.2) is 0 Å². The van der Waals surface area contributed by atoms with Crippen molar-refractivity contribution < 1.29 is 5.11 Å². The minimum absolute atomic E-state index is 0.113. The third-order valence-corrected chi connectivity index (χ3v) is 1.87. The van der Waals surface area contributed by atoms with E-state index in [0.717, 1.165) is 11.3 Å². The molecule has 0 fully saturated rings. The summed E-state index contributed by atoms with van der Waals surface area (Å²) in [6, 6.07) is 3.21. The van der Waals surface area contributed by atoms with Gasteiger partial charge < -0.3 is 10.1 Å². The van der Waals surface area contributed by atoms with Crippen molar-refractivity contribution in [2.75, 3.05) is 0 Å². The largest absolute Gasteiger partial charge is 0.506 e. The summed E-state index contributed by atoms with van der Waals surface area (Å²) in [7, 11) is 0. The molecule has 0 aliphatic rings. The molecule has 0 radical (unpaired) electrons. The highest BCUT2D eigenvalue weighted by Crippen LogP contribution is 2.26. The van der Waals surface area contributed by atoms with Gasteiger partial charge in [-0.1, -0.05) is 11.6 Å². The number of halogens is 1. The van der Waals surface area contributed by atoms with Gasteiger partial charge in [-0.15, -0.1) is 0 Å². The van der Waals surface area contributed by atoms with Gasteiger partial charge >= 0.3 is 0 Å². The number of imidazole rings is 1. The number of fused-ring (bicyclic) bond motifs is 1. The molecule has 2 rings (SSSR count). The third-order valence-electron chi connectivity index (χ3n) is 1.65. The first-order valence-electron chi connectivity index (χ1n) is 3.51. The highest BCUT2D eigenvalue weighted by molar-refractivity contribution is 6.31. The third kappa shape index (κ3) is 1.02. The number of aromatic amines is 1. The Morgan fingerprint density at radius 1 is 1.50 bits per heavy atom. The van der Waals surface area contributed by atoms with Crippen molar-refractivity contribution in [2.24, 2.45) is 0 Å². The quantitative estimate of drug-likeness (QED) is 0.657. The van der Waals surface area contributed by atoms with E-state index in [0.29, 0.717) is 10.5 Å². The summed E-state index contributed by atoms with van der Waals surface area (Å²) in [5.74, 6) is 0.879. The Hall–Kier alpha value is -1.22. The number of aromatic nitrogens is 2. The number of nitrogens with one attached hydrogen (secondary N) is 1. The lowest BCUT2D eigenvalue weighted by Gasteiger charge is -1.93. The predicted octanol–water partition coefficient (Wildman–Crippen LogP) is 2.23. The Morgan fingerprint density at radius 3 is 3.00 bits per heavy atom. The number of hydrogen-bond acceptors (Lipinski definition) is 2. The van der Waals surface area contributed by atoms with Crippen LogP contribution in [0.2, 0.25) is 5.02 Å². The summed E-state index contributed by atoms with van der Waals surface area (Å²) < 4.78 is 0. The first-order valence-corrected chi connectivity index (χ1v) is 3.89. The molecule has 0 saturated heterocycles. The van der Waals surface area contributed by atoms with Crippen LogP contribution < -0.4 is 0 Å².